The summed E-state index contributed by atoms with van der Waals surface area (Å²) in [6.07, 6.45) is 2.54. The molecule has 0 bridgehead atoms. The Hall–Kier alpha value is -2.60. The molecule has 0 spiro atoms. The molecule has 1 heterocycles. The normalized spacial score (nSPS) is 10.5. The molecule has 1 aromatic heterocycles. The van der Waals surface area contributed by atoms with E-state index in [-0.39, 0.29) is 11.7 Å². The van der Waals surface area contributed by atoms with Gasteiger partial charge in [0.2, 0.25) is 5.91 Å². The first-order chi connectivity index (χ1) is 11.8. The molecule has 122 valence electrons. The van der Waals surface area contributed by atoms with E-state index < -0.39 is 0 Å². The topological polar surface area (TPSA) is 59.8 Å². The van der Waals surface area contributed by atoms with Gasteiger partial charge in [-0.2, -0.15) is 0 Å². The number of para-hydroxylation sites is 2. The number of thioether (sulfide) groups is 1. The molecule has 0 aliphatic carbocycles. The predicted octanol–water partition coefficient (Wildman–Crippen LogP) is 3.56. The lowest BCUT2D eigenvalue weighted by Gasteiger charge is -2.09. The number of nitrogens with zero attached hydrogens (tertiary/aromatic N) is 3. The number of rotatable bonds is 6. The summed E-state index contributed by atoms with van der Waals surface area (Å²) in [5.41, 5.74) is 2.97. The number of anilines is 1. The van der Waals surface area contributed by atoms with Gasteiger partial charge in [-0.25, -0.2) is 0 Å². The molecular weight excluding hydrogens is 320 g/mol. The fourth-order valence-electron chi connectivity index (χ4n) is 2.36. The molecule has 0 aliphatic rings. The number of carbonyl (C=O) groups excluding carboxylic acids is 1. The number of carbonyl (C=O) groups is 1. The van der Waals surface area contributed by atoms with Gasteiger partial charge in [0.05, 0.1) is 5.75 Å². The van der Waals surface area contributed by atoms with Crippen LogP contribution >= 0.6 is 11.8 Å². The van der Waals surface area contributed by atoms with E-state index in [1.807, 2.05) is 59.2 Å². The number of hydrogen-bond donors (Lipinski definition) is 1. The van der Waals surface area contributed by atoms with Crippen LogP contribution in [0.2, 0.25) is 0 Å². The lowest BCUT2D eigenvalue weighted by Crippen LogP contribution is -2.15. The quantitative estimate of drug-likeness (QED) is 0.698. The van der Waals surface area contributed by atoms with Crippen molar-refractivity contribution in [3.05, 3.63) is 66.5 Å². The summed E-state index contributed by atoms with van der Waals surface area (Å²) in [6, 6.07) is 17.7. The van der Waals surface area contributed by atoms with Crippen LogP contribution in [-0.4, -0.2) is 26.4 Å². The number of amides is 1. The monoisotopic (exact) mass is 338 g/mol. The summed E-state index contributed by atoms with van der Waals surface area (Å²) in [5.74, 6) is 0.229. The molecule has 0 aliphatic heterocycles. The third-order valence-corrected chi connectivity index (χ3v) is 4.50. The lowest BCUT2D eigenvalue weighted by molar-refractivity contribution is -0.113. The van der Waals surface area contributed by atoms with Crippen molar-refractivity contribution in [1.82, 2.24) is 14.8 Å². The third-order valence-electron chi connectivity index (χ3n) is 3.56. The van der Waals surface area contributed by atoms with Crippen LogP contribution in [0.25, 0.3) is 5.69 Å². The van der Waals surface area contributed by atoms with Gasteiger partial charge in [0.15, 0.2) is 5.16 Å². The van der Waals surface area contributed by atoms with Gasteiger partial charge >= 0.3 is 0 Å². The van der Waals surface area contributed by atoms with Crippen molar-refractivity contribution in [3.8, 4) is 5.69 Å². The van der Waals surface area contributed by atoms with E-state index in [9.17, 15) is 4.79 Å². The van der Waals surface area contributed by atoms with Gasteiger partial charge in [-0.3, -0.25) is 9.36 Å². The molecule has 0 unspecified atom stereocenters. The number of hydrogen-bond acceptors (Lipinski definition) is 4. The molecule has 0 saturated carbocycles. The number of benzene rings is 2. The van der Waals surface area contributed by atoms with Crippen molar-refractivity contribution in [2.24, 2.45) is 0 Å². The minimum atomic E-state index is -0.0523. The van der Waals surface area contributed by atoms with E-state index in [1.54, 1.807) is 6.33 Å². The van der Waals surface area contributed by atoms with Crippen LogP contribution in [0.4, 0.5) is 5.69 Å². The van der Waals surface area contributed by atoms with Crippen LogP contribution in [-0.2, 0) is 11.2 Å². The Morgan fingerprint density at radius 1 is 1.12 bits per heavy atom. The largest absolute Gasteiger partial charge is 0.325 e. The van der Waals surface area contributed by atoms with E-state index in [0.717, 1.165) is 23.4 Å². The van der Waals surface area contributed by atoms with Crippen molar-refractivity contribution in [2.75, 3.05) is 11.1 Å². The highest BCUT2D eigenvalue weighted by atomic mass is 32.2. The SMILES string of the molecule is CCc1ccccc1NC(=O)CSc1nncn1-c1ccccc1. The van der Waals surface area contributed by atoms with Crippen molar-refractivity contribution >= 4 is 23.4 Å². The van der Waals surface area contributed by atoms with Gasteiger partial charge < -0.3 is 5.32 Å². The summed E-state index contributed by atoms with van der Waals surface area (Å²) in [7, 11) is 0. The summed E-state index contributed by atoms with van der Waals surface area (Å²) < 4.78 is 1.87. The van der Waals surface area contributed by atoms with E-state index >= 15 is 0 Å². The fraction of sp³-hybridized carbons (Fsp3) is 0.167. The molecule has 24 heavy (non-hydrogen) atoms. The smallest absolute Gasteiger partial charge is 0.234 e. The molecule has 3 rings (SSSR count). The zero-order valence-electron chi connectivity index (χ0n) is 13.3. The molecular formula is C18H18N4OS. The van der Waals surface area contributed by atoms with Crippen LogP contribution in [0.5, 0.6) is 0 Å². The molecule has 6 heteroatoms. The first kappa shape index (κ1) is 16.3. The highest BCUT2D eigenvalue weighted by Gasteiger charge is 2.11. The Morgan fingerprint density at radius 3 is 2.67 bits per heavy atom. The molecule has 1 N–H and O–H groups in total. The van der Waals surface area contributed by atoms with Crippen molar-refractivity contribution in [1.29, 1.82) is 0 Å². The first-order valence-corrected chi connectivity index (χ1v) is 8.72. The van der Waals surface area contributed by atoms with Crippen molar-refractivity contribution in [2.45, 2.75) is 18.5 Å². The number of aromatic nitrogens is 3. The van der Waals surface area contributed by atoms with Gasteiger partial charge in [-0.15, -0.1) is 10.2 Å². The Morgan fingerprint density at radius 2 is 1.88 bits per heavy atom. The van der Waals surface area contributed by atoms with Crippen molar-refractivity contribution in [3.63, 3.8) is 0 Å². The second-order valence-corrected chi connectivity index (χ2v) is 6.11. The minimum absolute atomic E-state index is 0.0523. The molecule has 2 aromatic carbocycles. The molecule has 0 atom stereocenters. The summed E-state index contributed by atoms with van der Waals surface area (Å²) >= 11 is 1.37. The highest BCUT2D eigenvalue weighted by Crippen LogP contribution is 2.20. The van der Waals surface area contributed by atoms with E-state index in [2.05, 4.69) is 22.4 Å². The van der Waals surface area contributed by atoms with Crippen LogP contribution in [0, 0.1) is 0 Å². The van der Waals surface area contributed by atoms with Crippen molar-refractivity contribution < 1.29 is 4.79 Å². The summed E-state index contributed by atoms with van der Waals surface area (Å²) in [4.78, 5) is 12.2. The molecule has 0 fully saturated rings. The average molecular weight is 338 g/mol. The Balaban J connectivity index is 1.64. The van der Waals surface area contributed by atoms with E-state index in [4.69, 9.17) is 0 Å². The van der Waals surface area contributed by atoms with E-state index in [0.29, 0.717) is 5.16 Å². The number of nitrogens with one attached hydrogen (secondary N) is 1. The molecule has 1 amide bonds. The zero-order chi connectivity index (χ0) is 16.8. The first-order valence-electron chi connectivity index (χ1n) is 7.74. The van der Waals surface area contributed by atoms with Gasteiger partial charge in [0.1, 0.15) is 6.33 Å². The molecule has 3 aromatic rings. The summed E-state index contributed by atoms with van der Waals surface area (Å²) in [6.45, 7) is 2.07. The third kappa shape index (κ3) is 3.83. The zero-order valence-corrected chi connectivity index (χ0v) is 14.2. The van der Waals surface area contributed by atoms with Gasteiger partial charge in [0, 0.05) is 11.4 Å². The average Bonchev–Trinajstić information content (AvgIpc) is 3.10. The second-order valence-electron chi connectivity index (χ2n) is 5.17. The van der Waals surface area contributed by atoms with Crippen LogP contribution < -0.4 is 5.32 Å². The summed E-state index contributed by atoms with van der Waals surface area (Å²) in [5, 5.41) is 11.7. The van der Waals surface area contributed by atoms with Gasteiger partial charge in [-0.05, 0) is 30.2 Å². The maximum absolute atomic E-state index is 12.2. The highest BCUT2D eigenvalue weighted by molar-refractivity contribution is 7.99. The Kier molecular flexibility index (Phi) is 5.28. The standard InChI is InChI=1S/C18H18N4OS/c1-2-14-8-6-7-11-16(14)20-17(23)12-24-18-21-19-13-22(18)15-9-4-3-5-10-15/h3-11,13H,2,12H2,1H3,(H,20,23). The number of aryl methyl sites for hydroxylation is 1. The Labute approximate surface area is 145 Å². The van der Waals surface area contributed by atoms with Crippen LogP contribution in [0.1, 0.15) is 12.5 Å². The van der Waals surface area contributed by atoms with Gasteiger partial charge in [-0.1, -0.05) is 55.1 Å². The predicted molar refractivity (Wildman–Crippen MR) is 96.5 cm³/mol. The van der Waals surface area contributed by atoms with Crippen LogP contribution in [0.3, 0.4) is 0 Å². The van der Waals surface area contributed by atoms with Gasteiger partial charge in [0.25, 0.3) is 0 Å². The maximum atomic E-state index is 12.2. The molecule has 0 radical (unpaired) electrons. The van der Waals surface area contributed by atoms with E-state index in [1.165, 1.54) is 11.8 Å². The maximum Gasteiger partial charge on any atom is 0.234 e. The molecule has 0 saturated heterocycles. The second kappa shape index (κ2) is 7.79. The fourth-order valence-corrected chi connectivity index (χ4v) is 3.08. The minimum Gasteiger partial charge on any atom is -0.325 e. The lowest BCUT2D eigenvalue weighted by atomic mass is 10.1. The van der Waals surface area contributed by atoms with Crippen LogP contribution in [0.15, 0.2) is 66.1 Å². The molecule has 5 nitrogen and oxygen atoms in total. The Bertz CT molecular complexity index is 817.